The molecule has 0 aliphatic carbocycles. The quantitative estimate of drug-likeness (QED) is 0.920. The van der Waals surface area contributed by atoms with Crippen LogP contribution in [0.5, 0.6) is 5.75 Å². The summed E-state index contributed by atoms with van der Waals surface area (Å²) in [5.74, 6) is 1.56. The highest BCUT2D eigenvalue weighted by Gasteiger charge is 2.27. The van der Waals surface area contributed by atoms with Crippen LogP contribution < -0.4 is 10.1 Å². The van der Waals surface area contributed by atoms with Crippen LogP contribution in [-0.4, -0.2) is 39.2 Å². The van der Waals surface area contributed by atoms with Gasteiger partial charge in [0.15, 0.2) is 0 Å². The Balaban J connectivity index is 2.25. The highest BCUT2D eigenvalue weighted by Crippen LogP contribution is 2.35. The lowest BCUT2D eigenvalue weighted by molar-refractivity contribution is 0.181. The monoisotopic (exact) mass is 326 g/mol. The Labute approximate surface area is 124 Å². The number of rotatable bonds is 4. The fourth-order valence-electron chi connectivity index (χ4n) is 3.01. The van der Waals surface area contributed by atoms with Crippen molar-refractivity contribution in [2.24, 2.45) is 5.92 Å². The van der Waals surface area contributed by atoms with Gasteiger partial charge < -0.3 is 15.0 Å². The van der Waals surface area contributed by atoms with Gasteiger partial charge in [0.25, 0.3) is 0 Å². The molecule has 1 aliphatic heterocycles. The predicted octanol–water partition coefficient (Wildman–Crippen LogP) is 3.06. The van der Waals surface area contributed by atoms with Crippen LogP contribution in [-0.2, 0) is 0 Å². The Morgan fingerprint density at radius 2 is 2.21 bits per heavy atom. The summed E-state index contributed by atoms with van der Waals surface area (Å²) in [6, 6.07) is 6.88. The van der Waals surface area contributed by atoms with Crippen LogP contribution in [0, 0.1) is 5.92 Å². The minimum atomic E-state index is 0.454. The summed E-state index contributed by atoms with van der Waals surface area (Å²) in [5.41, 5.74) is 1.35. The normalized spacial score (nSPS) is 21.4. The minimum Gasteiger partial charge on any atom is -0.496 e. The molecule has 0 amide bonds. The third-order valence-electron chi connectivity index (χ3n) is 3.86. The Bertz CT molecular complexity index is 417. The van der Waals surface area contributed by atoms with Crippen molar-refractivity contribution in [2.45, 2.75) is 18.9 Å². The molecule has 19 heavy (non-hydrogen) atoms. The van der Waals surface area contributed by atoms with Crippen LogP contribution in [0.2, 0.25) is 0 Å². The summed E-state index contributed by atoms with van der Waals surface area (Å²) in [7, 11) is 6.03. The number of nitrogens with one attached hydrogen (secondary N) is 1. The largest absolute Gasteiger partial charge is 0.496 e. The number of piperidine rings is 1. The summed E-state index contributed by atoms with van der Waals surface area (Å²) >= 11 is 3.59. The summed E-state index contributed by atoms with van der Waals surface area (Å²) in [5, 5.41) is 3.51. The molecule has 0 saturated carbocycles. The Morgan fingerprint density at radius 3 is 2.74 bits per heavy atom. The summed E-state index contributed by atoms with van der Waals surface area (Å²) in [4.78, 5) is 2.33. The molecule has 1 N–H and O–H groups in total. The van der Waals surface area contributed by atoms with Crippen LogP contribution in [0.4, 0.5) is 0 Å². The second-order valence-corrected chi connectivity index (χ2v) is 6.26. The maximum Gasteiger partial charge on any atom is 0.133 e. The van der Waals surface area contributed by atoms with Crippen molar-refractivity contribution in [1.82, 2.24) is 10.2 Å². The SMILES string of the molecule is COc1ccc(C(C2CCCNC2)N(C)C)cc1Br. The Kier molecular flexibility index (Phi) is 5.25. The van der Waals surface area contributed by atoms with Crippen molar-refractivity contribution in [2.75, 3.05) is 34.3 Å². The van der Waals surface area contributed by atoms with E-state index in [2.05, 4.69) is 52.4 Å². The third kappa shape index (κ3) is 3.50. The minimum absolute atomic E-state index is 0.454. The van der Waals surface area contributed by atoms with E-state index in [4.69, 9.17) is 4.74 Å². The van der Waals surface area contributed by atoms with Crippen molar-refractivity contribution < 1.29 is 4.74 Å². The molecule has 0 aromatic heterocycles. The van der Waals surface area contributed by atoms with Crippen molar-refractivity contribution in [3.8, 4) is 5.75 Å². The number of benzene rings is 1. The second kappa shape index (κ2) is 6.73. The van der Waals surface area contributed by atoms with Crippen molar-refractivity contribution in [3.63, 3.8) is 0 Å². The maximum atomic E-state index is 5.31. The van der Waals surface area contributed by atoms with Crippen molar-refractivity contribution >= 4 is 15.9 Å². The molecule has 4 heteroatoms. The fourth-order valence-corrected chi connectivity index (χ4v) is 3.57. The van der Waals surface area contributed by atoms with E-state index in [-0.39, 0.29) is 0 Å². The van der Waals surface area contributed by atoms with E-state index in [9.17, 15) is 0 Å². The molecule has 0 spiro atoms. The predicted molar refractivity (Wildman–Crippen MR) is 82.7 cm³/mol. The lowest BCUT2D eigenvalue weighted by Gasteiger charge is -2.35. The van der Waals surface area contributed by atoms with Crippen molar-refractivity contribution in [1.29, 1.82) is 0 Å². The molecule has 1 aromatic rings. The zero-order valence-electron chi connectivity index (χ0n) is 11.9. The molecule has 2 unspecified atom stereocenters. The smallest absolute Gasteiger partial charge is 0.133 e. The van der Waals surface area contributed by atoms with Gasteiger partial charge in [0, 0.05) is 6.04 Å². The standard InChI is InChI=1S/C15H23BrN2O/c1-18(2)15(12-5-4-8-17-10-12)11-6-7-14(19-3)13(16)9-11/h6-7,9,12,15,17H,4-5,8,10H2,1-3H3. The van der Waals surface area contributed by atoms with Gasteiger partial charge in [-0.15, -0.1) is 0 Å². The second-order valence-electron chi connectivity index (χ2n) is 5.41. The van der Waals surface area contributed by atoms with Crippen LogP contribution in [0.1, 0.15) is 24.4 Å². The molecule has 1 saturated heterocycles. The number of methoxy groups -OCH3 is 1. The van der Waals surface area contributed by atoms with Crippen LogP contribution in [0.15, 0.2) is 22.7 Å². The fraction of sp³-hybridized carbons (Fsp3) is 0.600. The van der Waals surface area contributed by atoms with E-state index in [0.717, 1.165) is 23.3 Å². The topological polar surface area (TPSA) is 24.5 Å². The maximum absolute atomic E-state index is 5.31. The first kappa shape index (κ1) is 14.8. The number of halogens is 1. The molecule has 2 atom stereocenters. The molecular formula is C15H23BrN2O. The molecular weight excluding hydrogens is 304 g/mol. The van der Waals surface area contributed by atoms with E-state index >= 15 is 0 Å². The molecule has 1 aromatic carbocycles. The molecule has 2 rings (SSSR count). The van der Waals surface area contributed by atoms with Gasteiger partial charge in [0.1, 0.15) is 5.75 Å². The van der Waals surface area contributed by atoms with Crippen LogP contribution in [0.25, 0.3) is 0 Å². The summed E-state index contributed by atoms with van der Waals surface area (Å²) in [6.07, 6.45) is 2.56. The Morgan fingerprint density at radius 1 is 1.42 bits per heavy atom. The molecule has 0 radical (unpaired) electrons. The highest BCUT2D eigenvalue weighted by atomic mass is 79.9. The average Bonchev–Trinajstić information content (AvgIpc) is 2.40. The molecule has 1 fully saturated rings. The van der Waals surface area contributed by atoms with Gasteiger partial charge in [-0.1, -0.05) is 6.07 Å². The third-order valence-corrected chi connectivity index (χ3v) is 4.47. The number of hydrogen-bond acceptors (Lipinski definition) is 3. The van der Waals surface area contributed by atoms with E-state index in [1.807, 2.05) is 6.07 Å². The first-order valence-electron chi connectivity index (χ1n) is 6.84. The van der Waals surface area contributed by atoms with Gasteiger partial charge in [-0.05, 0) is 79.6 Å². The first-order valence-corrected chi connectivity index (χ1v) is 7.63. The lowest BCUT2D eigenvalue weighted by atomic mass is 9.86. The summed E-state index contributed by atoms with van der Waals surface area (Å²) in [6.45, 7) is 2.26. The van der Waals surface area contributed by atoms with E-state index in [1.54, 1.807) is 7.11 Å². The van der Waals surface area contributed by atoms with E-state index < -0.39 is 0 Å². The summed E-state index contributed by atoms with van der Waals surface area (Å²) < 4.78 is 6.34. The zero-order chi connectivity index (χ0) is 13.8. The van der Waals surface area contributed by atoms with Gasteiger partial charge in [0.2, 0.25) is 0 Å². The van der Waals surface area contributed by atoms with Crippen LogP contribution in [0.3, 0.4) is 0 Å². The first-order chi connectivity index (χ1) is 9.13. The number of nitrogens with zero attached hydrogens (tertiary/aromatic N) is 1. The Hall–Kier alpha value is -0.580. The molecule has 106 valence electrons. The van der Waals surface area contributed by atoms with Gasteiger partial charge in [-0.2, -0.15) is 0 Å². The molecule has 0 bridgehead atoms. The van der Waals surface area contributed by atoms with Crippen molar-refractivity contribution in [3.05, 3.63) is 28.2 Å². The number of hydrogen-bond donors (Lipinski definition) is 1. The zero-order valence-corrected chi connectivity index (χ0v) is 13.5. The highest BCUT2D eigenvalue weighted by molar-refractivity contribution is 9.10. The van der Waals surface area contributed by atoms with E-state index in [0.29, 0.717) is 12.0 Å². The number of ether oxygens (including phenoxy) is 1. The van der Waals surface area contributed by atoms with Gasteiger partial charge in [-0.3, -0.25) is 0 Å². The van der Waals surface area contributed by atoms with Gasteiger partial charge >= 0.3 is 0 Å². The van der Waals surface area contributed by atoms with Gasteiger partial charge in [0.05, 0.1) is 11.6 Å². The van der Waals surface area contributed by atoms with E-state index in [1.165, 1.54) is 18.4 Å². The van der Waals surface area contributed by atoms with Gasteiger partial charge in [-0.25, -0.2) is 0 Å². The van der Waals surface area contributed by atoms with Crippen LogP contribution >= 0.6 is 15.9 Å². The molecule has 1 aliphatic rings. The average molecular weight is 327 g/mol. The lowest BCUT2D eigenvalue weighted by Crippen LogP contribution is -2.38. The molecule has 3 nitrogen and oxygen atoms in total. The molecule has 1 heterocycles.